The fourth-order valence-corrected chi connectivity index (χ4v) is 3.48. The van der Waals surface area contributed by atoms with Crippen LogP contribution < -0.4 is 10.6 Å². The highest BCUT2D eigenvalue weighted by Gasteiger charge is 2.36. The first kappa shape index (κ1) is 22.2. The molecule has 1 aromatic heterocycles. The molecule has 31 heavy (non-hydrogen) atoms. The molecule has 2 amide bonds. The molecule has 0 aliphatic heterocycles. The lowest BCUT2D eigenvalue weighted by atomic mass is 10.00. The average molecular weight is 445 g/mol. The van der Waals surface area contributed by atoms with Crippen molar-refractivity contribution in [1.29, 1.82) is 0 Å². The molecule has 0 spiro atoms. The van der Waals surface area contributed by atoms with Crippen molar-refractivity contribution in [2.45, 2.75) is 0 Å². The van der Waals surface area contributed by atoms with Crippen LogP contribution in [-0.2, 0) is 9.47 Å². The van der Waals surface area contributed by atoms with Gasteiger partial charge in [0.2, 0.25) is 23.0 Å². The van der Waals surface area contributed by atoms with Crippen LogP contribution in [0.3, 0.4) is 0 Å². The van der Waals surface area contributed by atoms with Crippen LogP contribution in [0.15, 0.2) is 45.8 Å². The van der Waals surface area contributed by atoms with Gasteiger partial charge in [0.15, 0.2) is 0 Å². The van der Waals surface area contributed by atoms with Crippen molar-refractivity contribution < 1.29 is 33.2 Å². The number of esters is 1. The van der Waals surface area contributed by atoms with Crippen molar-refractivity contribution in [3.63, 3.8) is 0 Å². The Hall–Kier alpha value is -3.44. The van der Waals surface area contributed by atoms with Crippen LogP contribution in [0.4, 0.5) is 10.5 Å². The number of ether oxygens (including phenoxy) is 2. The van der Waals surface area contributed by atoms with E-state index in [1.807, 2.05) is 18.2 Å². The molecule has 1 heterocycles. The molecule has 1 aromatic carbocycles. The van der Waals surface area contributed by atoms with Crippen molar-refractivity contribution in [3.8, 4) is 0 Å². The predicted octanol–water partition coefficient (Wildman–Crippen LogP) is 2.30. The first-order chi connectivity index (χ1) is 15.0. The van der Waals surface area contributed by atoms with Gasteiger partial charge in [-0.05, 0) is 12.1 Å². The monoisotopic (exact) mass is 445 g/mol. The van der Waals surface area contributed by atoms with E-state index in [9.17, 15) is 19.2 Å². The van der Waals surface area contributed by atoms with Gasteiger partial charge in [0.1, 0.15) is 5.56 Å². The normalized spacial score (nSPS) is 12.7. The molecule has 0 fully saturated rings. The lowest BCUT2D eigenvalue weighted by Gasteiger charge is -2.11. The zero-order valence-corrected chi connectivity index (χ0v) is 17.3. The summed E-state index contributed by atoms with van der Waals surface area (Å²) in [5.41, 5.74) is 0.179. The molecule has 2 aromatic rings. The van der Waals surface area contributed by atoms with E-state index >= 15 is 0 Å². The molecule has 0 atom stereocenters. The SMILES string of the molecule is COC(=O)c1noc2c1C(=O)C(SCCOCCNC(=O)Nc1ccccc1)=CC2=O. The van der Waals surface area contributed by atoms with Crippen LogP contribution in [-0.4, -0.2) is 61.3 Å². The Morgan fingerprint density at radius 2 is 1.94 bits per heavy atom. The van der Waals surface area contributed by atoms with Gasteiger partial charge in [0.25, 0.3) is 0 Å². The number of hydrogen-bond acceptors (Lipinski definition) is 9. The van der Waals surface area contributed by atoms with Crippen molar-refractivity contribution in [1.82, 2.24) is 10.5 Å². The Morgan fingerprint density at radius 3 is 2.68 bits per heavy atom. The van der Waals surface area contributed by atoms with Crippen molar-refractivity contribution >= 4 is 41.0 Å². The third-order valence-electron chi connectivity index (χ3n) is 4.06. The Morgan fingerprint density at radius 1 is 1.16 bits per heavy atom. The smallest absolute Gasteiger partial charge is 0.361 e. The number of carbonyl (C=O) groups is 4. The van der Waals surface area contributed by atoms with Gasteiger partial charge in [-0.3, -0.25) is 9.59 Å². The summed E-state index contributed by atoms with van der Waals surface area (Å²) in [5.74, 6) is -1.82. The predicted molar refractivity (Wildman–Crippen MR) is 111 cm³/mol. The first-order valence-corrected chi connectivity index (χ1v) is 10.2. The number of methoxy groups -OCH3 is 1. The number of Topliss-reactive ketones (excluding diaryl/α,β-unsaturated/α-hetero) is 1. The molecule has 1 aliphatic rings. The summed E-state index contributed by atoms with van der Waals surface area (Å²) in [4.78, 5) is 48.4. The van der Waals surface area contributed by atoms with E-state index in [-0.39, 0.29) is 41.2 Å². The summed E-state index contributed by atoms with van der Waals surface area (Å²) >= 11 is 1.11. The Balaban J connectivity index is 1.39. The Labute approximate surface area is 181 Å². The second kappa shape index (κ2) is 10.5. The van der Waals surface area contributed by atoms with Crippen LogP contribution in [0, 0.1) is 0 Å². The zero-order valence-electron chi connectivity index (χ0n) is 16.5. The number of carbonyl (C=O) groups excluding carboxylic acids is 4. The number of nitrogens with zero attached hydrogens (tertiary/aromatic N) is 1. The van der Waals surface area contributed by atoms with Gasteiger partial charge >= 0.3 is 12.0 Å². The number of para-hydroxylation sites is 1. The van der Waals surface area contributed by atoms with Crippen LogP contribution in [0.5, 0.6) is 0 Å². The van der Waals surface area contributed by atoms with E-state index < -0.39 is 17.5 Å². The number of rotatable bonds is 9. The third-order valence-corrected chi connectivity index (χ3v) is 5.04. The van der Waals surface area contributed by atoms with Crippen LogP contribution in [0.25, 0.3) is 0 Å². The largest absolute Gasteiger partial charge is 0.464 e. The highest BCUT2D eigenvalue weighted by atomic mass is 32.2. The molecule has 10 nitrogen and oxygen atoms in total. The molecule has 0 unspecified atom stereocenters. The molecule has 0 saturated heterocycles. The van der Waals surface area contributed by atoms with Gasteiger partial charge in [-0.15, -0.1) is 11.8 Å². The molecule has 2 N–H and O–H groups in total. The molecule has 1 aliphatic carbocycles. The van der Waals surface area contributed by atoms with Gasteiger partial charge in [0, 0.05) is 24.1 Å². The number of hydrogen-bond donors (Lipinski definition) is 2. The maximum atomic E-state index is 12.6. The Bertz CT molecular complexity index is 1020. The van der Waals surface area contributed by atoms with E-state index in [0.717, 1.165) is 24.9 Å². The molecule has 0 radical (unpaired) electrons. The summed E-state index contributed by atoms with van der Waals surface area (Å²) in [6.07, 6.45) is 1.15. The molecule has 0 bridgehead atoms. The van der Waals surface area contributed by atoms with Crippen LogP contribution >= 0.6 is 11.8 Å². The minimum atomic E-state index is -0.857. The Kier molecular flexibility index (Phi) is 7.57. The average Bonchev–Trinajstić information content (AvgIpc) is 3.22. The second-order valence-electron chi connectivity index (χ2n) is 6.14. The van der Waals surface area contributed by atoms with Crippen molar-refractivity contribution in [2.75, 3.05) is 37.9 Å². The maximum Gasteiger partial charge on any atom is 0.361 e. The molecule has 0 saturated carbocycles. The van der Waals surface area contributed by atoms with E-state index in [0.29, 0.717) is 18.0 Å². The van der Waals surface area contributed by atoms with Gasteiger partial charge in [0.05, 0.1) is 25.2 Å². The molecule has 162 valence electrons. The molecule has 11 heteroatoms. The number of anilines is 1. The number of nitrogens with one attached hydrogen (secondary N) is 2. The number of urea groups is 1. The first-order valence-electron chi connectivity index (χ1n) is 9.20. The summed E-state index contributed by atoms with van der Waals surface area (Å²) < 4.78 is 14.8. The fourth-order valence-electron chi connectivity index (χ4n) is 2.63. The zero-order chi connectivity index (χ0) is 22.2. The number of thioether (sulfide) groups is 1. The van der Waals surface area contributed by atoms with Gasteiger partial charge < -0.3 is 24.6 Å². The second-order valence-corrected chi connectivity index (χ2v) is 7.27. The van der Waals surface area contributed by atoms with E-state index in [1.54, 1.807) is 12.1 Å². The van der Waals surface area contributed by atoms with Crippen molar-refractivity contribution in [2.24, 2.45) is 0 Å². The summed E-state index contributed by atoms with van der Waals surface area (Å²) in [6, 6.07) is 8.69. The number of benzene rings is 1. The molecular weight excluding hydrogens is 426 g/mol. The van der Waals surface area contributed by atoms with Crippen LogP contribution in [0.2, 0.25) is 0 Å². The summed E-state index contributed by atoms with van der Waals surface area (Å²) in [5, 5.41) is 8.82. The standard InChI is InChI=1S/C20H19N3O7S/c1-28-19(26)16-15-17(25)14(11-13(24)18(15)30-23-16)31-10-9-29-8-7-21-20(27)22-12-5-3-2-4-6-12/h2-6,11H,7-10H2,1H3,(H2,21,22,27). The minimum absolute atomic E-state index is 0.162. The van der Waals surface area contributed by atoms with Gasteiger partial charge in [-0.1, -0.05) is 23.4 Å². The number of fused-ring (bicyclic) bond motifs is 1. The quantitative estimate of drug-likeness (QED) is 0.440. The fraction of sp³-hybridized carbons (Fsp3) is 0.250. The number of allylic oxidation sites excluding steroid dienone is 2. The number of amides is 2. The van der Waals surface area contributed by atoms with Gasteiger partial charge in [-0.25, -0.2) is 9.59 Å². The highest BCUT2D eigenvalue weighted by Crippen LogP contribution is 2.30. The van der Waals surface area contributed by atoms with Gasteiger partial charge in [-0.2, -0.15) is 0 Å². The summed E-state index contributed by atoms with van der Waals surface area (Å²) in [6.45, 7) is 0.860. The van der Waals surface area contributed by atoms with E-state index in [2.05, 4.69) is 20.5 Å². The lowest BCUT2D eigenvalue weighted by Crippen LogP contribution is -2.31. The topological polar surface area (TPSA) is 137 Å². The summed E-state index contributed by atoms with van der Waals surface area (Å²) in [7, 11) is 1.14. The number of ketones is 2. The minimum Gasteiger partial charge on any atom is -0.464 e. The van der Waals surface area contributed by atoms with E-state index in [4.69, 9.17) is 9.26 Å². The molecule has 3 rings (SSSR count). The maximum absolute atomic E-state index is 12.6. The lowest BCUT2D eigenvalue weighted by molar-refractivity contribution is 0.0586. The van der Waals surface area contributed by atoms with Crippen LogP contribution in [0.1, 0.15) is 31.4 Å². The highest BCUT2D eigenvalue weighted by molar-refractivity contribution is 8.04. The third kappa shape index (κ3) is 5.58. The van der Waals surface area contributed by atoms with Crippen molar-refractivity contribution in [3.05, 3.63) is 58.3 Å². The molecular formula is C20H19N3O7S. The van der Waals surface area contributed by atoms with E-state index in [1.165, 1.54) is 0 Å². The number of aromatic nitrogens is 1.